The number of hydrogen-bond acceptors (Lipinski definition) is 8. The number of fused-ring (bicyclic) bond motifs is 1. The molecule has 11 heteroatoms. The molecule has 0 aliphatic heterocycles. The van der Waals surface area contributed by atoms with Crippen LogP contribution < -0.4 is 5.32 Å². The zero-order valence-electron chi connectivity index (χ0n) is 20.1. The molecule has 178 valence electrons. The summed E-state index contributed by atoms with van der Waals surface area (Å²) in [5, 5.41) is 19.2. The van der Waals surface area contributed by atoms with Gasteiger partial charge in [-0.2, -0.15) is 10.1 Å². The second kappa shape index (κ2) is 8.42. The summed E-state index contributed by atoms with van der Waals surface area (Å²) < 4.78 is 8.66. The van der Waals surface area contributed by atoms with Crippen LogP contribution in [-0.4, -0.2) is 45.6 Å². The topological polar surface area (TPSA) is 129 Å². The quantitative estimate of drug-likeness (QED) is 0.414. The van der Waals surface area contributed by atoms with Gasteiger partial charge < -0.3 is 9.84 Å². The van der Waals surface area contributed by atoms with E-state index in [1.165, 1.54) is 6.33 Å². The Morgan fingerprint density at radius 2 is 1.97 bits per heavy atom. The molecule has 0 atom stereocenters. The normalized spacial score (nSPS) is 11.8. The third kappa shape index (κ3) is 4.39. The van der Waals surface area contributed by atoms with Crippen molar-refractivity contribution in [3.05, 3.63) is 65.8 Å². The van der Waals surface area contributed by atoms with Crippen molar-refractivity contribution >= 4 is 11.4 Å². The minimum atomic E-state index is -0.380. The number of aromatic nitrogens is 8. The third-order valence-electron chi connectivity index (χ3n) is 5.63. The van der Waals surface area contributed by atoms with E-state index in [2.05, 4.69) is 35.9 Å². The van der Waals surface area contributed by atoms with Crippen molar-refractivity contribution in [1.29, 1.82) is 0 Å². The van der Waals surface area contributed by atoms with Gasteiger partial charge in [0.25, 0.3) is 11.7 Å². The van der Waals surface area contributed by atoms with Crippen molar-refractivity contribution in [1.82, 2.24) is 45.0 Å². The number of carbonyl (C=O) groups is 1. The number of hydrogen-bond donors (Lipinski definition) is 1. The fraction of sp³-hybridized carbons (Fsp3) is 0.292. The SMILES string of the molecule is Cc1cc(-c2ncnn3cc(-c4cn(C)nn4)cc23)ccc1CNC(=O)c1noc(C(C)(C)C)n1. The zero-order valence-corrected chi connectivity index (χ0v) is 20.1. The molecule has 1 N–H and O–H groups in total. The molecule has 0 saturated carbocycles. The van der Waals surface area contributed by atoms with Gasteiger partial charge in [-0.25, -0.2) is 9.50 Å². The van der Waals surface area contributed by atoms with Crippen LogP contribution in [0.1, 0.15) is 48.4 Å². The lowest BCUT2D eigenvalue weighted by Crippen LogP contribution is -2.24. The van der Waals surface area contributed by atoms with E-state index in [4.69, 9.17) is 4.52 Å². The van der Waals surface area contributed by atoms with E-state index >= 15 is 0 Å². The summed E-state index contributed by atoms with van der Waals surface area (Å²) in [5.41, 5.74) is 5.96. The molecule has 1 aromatic carbocycles. The molecular formula is C24H25N9O2. The molecule has 4 aromatic heterocycles. The van der Waals surface area contributed by atoms with Crippen LogP contribution in [0.3, 0.4) is 0 Å². The number of nitrogens with zero attached hydrogens (tertiary/aromatic N) is 8. The van der Waals surface area contributed by atoms with Crippen LogP contribution in [-0.2, 0) is 19.0 Å². The number of rotatable bonds is 5. The summed E-state index contributed by atoms with van der Waals surface area (Å²) in [6.45, 7) is 8.18. The number of carbonyl (C=O) groups excluding carboxylic acids is 1. The predicted molar refractivity (Wildman–Crippen MR) is 127 cm³/mol. The van der Waals surface area contributed by atoms with E-state index in [0.717, 1.165) is 39.2 Å². The van der Waals surface area contributed by atoms with E-state index in [1.807, 2.05) is 71.4 Å². The number of benzene rings is 1. The van der Waals surface area contributed by atoms with E-state index in [-0.39, 0.29) is 17.1 Å². The van der Waals surface area contributed by atoms with Crippen molar-refractivity contribution in [2.75, 3.05) is 0 Å². The smallest absolute Gasteiger partial charge is 0.292 e. The monoisotopic (exact) mass is 471 g/mol. The lowest BCUT2D eigenvalue weighted by molar-refractivity contribution is 0.0937. The summed E-state index contributed by atoms with van der Waals surface area (Å²) in [4.78, 5) is 21.2. The number of nitrogens with one attached hydrogen (secondary N) is 1. The van der Waals surface area contributed by atoms with Gasteiger partial charge in [-0.05, 0) is 30.2 Å². The molecule has 0 bridgehead atoms. The predicted octanol–water partition coefficient (Wildman–Crippen LogP) is 3.11. The molecule has 0 spiro atoms. The molecule has 0 aliphatic carbocycles. The molecule has 35 heavy (non-hydrogen) atoms. The first-order valence-corrected chi connectivity index (χ1v) is 11.1. The molecule has 0 aliphatic rings. The average Bonchev–Trinajstić information content (AvgIpc) is 3.56. The molecule has 5 rings (SSSR count). The standard InChI is InChI=1S/C24H25N9O2/c1-14-8-15(6-7-16(14)10-25-22(34)21-28-23(35-30-21)24(2,3)4)20-19-9-17(11-33(19)27-13-26-20)18-12-32(5)31-29-18/h6-9,11-13H,10H2,1-5H3,(H,25,34). The molecular weight excluding hydrogens is 446 g/mol. The van der Waals surface area contributed by atoms with Gasteiger partial charge in [0, 0.05) is 36.3 Å². The second-order valence-electron chi connectivity index (χ2n) is 9.44. The highest BCUT2D eigenvalue weighted by Crippen LogP contribution is 2.28. The van der Waals surface area contributed by atoms with Gasteiger partial charge in [-0.1, -0.05) is 43.3 Å². The first kappa shape index (κ1) is 22.4. The summed E-state index contributed by atoms with van der Waals surface area (Å²) in [6, 6.07) is 8.01. The van der Waals surface area contributed by atoms with E-state index in [1.54, 1.807) is 9.20 Å². The van der Waals surface area contributed by atoms with Crippen LogP contribution in [0, 0.1) is 6.92 Å². The van der Waals surface area contributed by atoms with Gasteiger partial charge in [-0.15, -0.1) is 5.10 Å². The van der Waals surface area contributed by atoms with Crippen LogP contribution in [0.25, 0.3) is 28.0 Å². The number of aryl methyl sites for hydroxylation is 2. The largest absolute Gasteiger partial charge is 0.345 e. The second-order valence-corrected chi connectivity index (χ2v) is 9.44. The van der Waals surface area contributed by atoms with Gasteiger partial charge in [-0.3, -0.25) is 9.48 Å². The van der Waals surface area contributed by atoms with E-state index in [9.17, 15) is 4.79 Å². The maximum Gasteiger partial charge on any atom is 0.292 e. The minimum Gasteiger partial charge on any atom is -0.345 e. The Labute approximate surface area is 201 Å². The molecule has 4 heterocycles. The average molecular weight is 472 g/mol. The Morgan fingerprint density at radius 1 is 1.14 bits per heavy atom. The van der Waals surface area contributed by atoms with Gasteiger partial charge in [0.15, 0.2) is 0 Å². The third-order valence-corrected chi connectivity index (χ3v) is 5.63. The van der Waals surface area contributed by atoms with Crippen molar-refractivity contribution in [2.45, 2.75) is 39.7 Å². The minimum absolute atomic E-state index is 0.0275. The Morgan fingerprint density at radius 3 is 2.66 bits per heavy atom. The lowest BCUT2D eigenvalue weighted by Gasteiger charge is -2.10. The molecule has 11 nitrogen and oxygen atoms in total. The van der Waals surface area contributed by atoms with Crippen LogP contribution in [0.2, 0.25) is 0 Å². The summed E-state index contributed by atoms with van der Waals surface area (Å²) in [5.74, 6) is 0.0712. The molecule has 0 fully saturated rings. The van der Waals surface area contributed by atoms with Crippen molar-refractivity contribution in [3.8, 4) is 22.5 Å². The Hall–Kier alpha value is -4.41. The zero-order chi connectivity index (χ0) is 24.7. The van der Waals surface area contributed by atoms with Gasteiger partial charge in [0.2, 0.25) is 5.89 Å². The van der Waals surface area contributed by atoms with Crippen LogP contribution in [0.4, 0.5) is 0 Å². The number of amides is 1. The van der Waals surface area contributed by atoms with E-state index in [0.29, 0.717) is 12.4 Å². The van der Waals surface area contributed by atoms with Gasteiger partial charge in [0.05, 0.1) is 17.4 Å². The van der Waals surface area contributed by atoms with Gasteiger partial charge >= 0.3 is 0 Å². The molecule has 0 unspecified atom stereocenters. The first-order chi connectivity index (χ1) is 16.7. The Bertz CT molecular complexity index is 1540. The molecule has 0 radical (unpaired) electrons. The molecule has 5 aromatic rings. The summed E-state index contributed by atoms with van der Waals surface area (Å²) in [7, 11) is 1.83. The van der Waals surface area contributed by atoms with E-state index < -0.39 is 0 Å². The summed E-state index contributed by atoms with van der Waals surface area (Å²) in [6.07, 6.45) is 5.29. The van der Waals surface area contributed by atoms with Gasteiger partial charge in [0.1, 0.15) is 12.0 Å². The summed E-state index contributed by atoms with van der Waals surface area (Å²) >= 11 is 0. The highest BCUT2D eigenvalue weighted by atomic mass is 16.5. The van der Waals surface area contributed by atoms with Crippen LogP contribution >= 0.6 is 0 Å². The Kier molecular flexibility index (Phi) is 5.39. The highest BCUT2D eigenvalue weighted by molar-refractivity contribution is 5.90. The molecule has 1 amide bonds. The van der Waals surface area contributed by atoms with Crippen LogP contribution in [0.5, 0.6) is 0 Å². The lowest BCUT2D eigenvalue weighted by atomic mass is 9.97. The fourth-order valence-corrected chi connectivity index (χ4v) is 3.69. The van der Waals surface area contributed by atoms with Crippen molar-refractivity contribution in [2.24, 2.45) is 7.05 Å². The fourth-order valence-electron chi connectivity index (χ4n) is 3.69. The van der Waals surface area contributed by atoms with Crippen molar-refractivity contribution in [3.63, 3.8) is 0 Å². The van der Waals surface area contributed by atoms with Crippen molar-refractivity contribution < 1.29 is 9.32 Å². The first-order valence-electron chi connectivity index (χ1n) is 11.1. The molecule has 0 saturated heterocycles. The highest BCUT2D eigenvalue weighted by Gasteiger charge is 2.24. The Balaban J connectivity index is 1.36. The maximum atomic E-state index is 12.5. The maximum absolute atomic E-state index is 12.5. The van der Waals surface area contributed by atoms with Crippen LogP contribution in [0.15, 0.2) is 47.5 Å².